The van der Waals surface area contributed by atoms with Crippen LogP contribution in [0.1, 0.15) is 43.9 Å². The number of ether oxygens (including phenoxy) is 1. The maximum absolute atomic E-state index is 12.2. The number of benzene rings is 2. The van der Waals surface area contributed by atoms with Gasteiger partial charge >= 0.3 is 0 Å². The van der Waals surface area contributed by atoms with Crippen LogP contribution in [0.5, 0.6) is 5.75 Å². The van der Waals surface area contributed by atoms with Gasteiger partial charge in [-0.2, -0.15) is 0 Å². The van der Waals surface area contributed by atoms with E-state index in [1.54, 1.807) is 0 Å². The van der Waals surface area contributed by atoms with Crippen molar-refractivity contribution in [3.05, 3.63) is 65.9 Å². The Morgan fingerprint density at radius 1 is 1.15 bits per heavy atom. The Hall–Kier alpha value is -2.75. The molecule has 136 valence electrons. The lowest BCUT2D eigenvalue weighted by Crippen LogP contribution is -2.26. The molecule has 1 heterocycles. The smallest absolute Gasteiger partial charge is 0.220 e. The molecule has 0 spiro atoms. The zero-order chi connectivity index (χ0) is 18.4. The summed E-state index contributed by atoms with van der Waals surface area (Å²) in [5, 5.41) is 4.32. The first-order valence-corrected chi connectivity index (χ1v) is 9.24. The zero-order valence-electron chi connectivity index (χ0n) is 15.4. The highest BCUT2D eigenvalue weighted by atomic mass is 16.5. The molecular weight excluding hydrogens is 324 g/mol. The van der Waals surface area contributed by atoms with Crippen molar-refractivity contribution in [3.63, 3.8) is 0 Å². The number of hydrogen-bond acceptors (Lipinski definition) is 2. The van der Waals surface area contributed by atoms with Crippen molar-refractivity contribution < 1.29 is 9.53 Å². The second-order valence-corrected chi connectivity index (χ2v) is 6.50. The lowest BCUT2D eigenvalue weighted by Gasteiger charge is -2.15. The number of carbonyl (C=O) groups is 1. The van der Waals surface area contributed by atoms with E-state index in [1.165, 1.54) is 10.9 Å². The van der Waals surface area contributed by atoms with Crippen LogP contribution in [0.15, 0.2) is 54.7 Å². The summed E-state index contributed by atoms with van der Waals surface area (Å²) < 4.78 is 5.45. The highest BCUT2D eigenvalue weighted by Gasteiger charge is 2.10. The van der Waals surface area contributed by atoms with Crippen LogP contribution in [0, 0.1) is 0 Å². The molecule has 0 radical (unpaired) electrons. The quantitative estimate of drug-likeness (QED) is 0.615. The van der Waals surface area contributed by atoms with E-state index in [0.717, 1.165) is 29.7 Å². The minimum absolute atomic E-state index is 0.00809. The van der Waals surface area contributed by atoms with E-state index in [4.69, 9.17) is 4.74 Å². The molecule has 0 bridgehead atoms. The van der Waals surface area contributed by atoms with Crippen LogP contribution in [-0.4, -0.2) is 17.5 Å². The molecule has 0 saturated heterocycles. The predicted octanol–water partition coefficient (Wildman–Crippen LogP) is 4.77. The molecule has 0 aliphatic carbocycles. The van der Waals surface area contributed by atoms with Crippen LogP contribution in [0.25, 0.3) is 10.9 Å². The van der Waals surface area contributed by atoms with Gasteiger partial charge in [0, 0.05) is 23.5 Å². The SMILES string of the molecule is CCOc1ccc([C@H](C)NC(=O)CCCc2c[nH]c3ccccc23)cc1. The number of fused-ring (bicyclic) bond motifs is 1. The molecule has 1 atom stereocenters. The number of aryl methyl sites for hydroxylation is 1. The Morgan fingerprint density at radius 3 is 2.69 bits per heavy atom. The fourth-order valence-electron chi connectivity index (χ4n) is 3.19. The summed E-state index contributed by atoms with van der Waals surface area (Å²) in [6, 6.07) is 16.1. The summed E-state index contributed by atoms with van der Waals surface area (Å²) in [7, 11) is 0. The molecule has 1 aromatic heterocycles. The van der Waals surface area contributed by atoms with Gasteiger partial charge in [-0.15, -0.1) is 0 Å². The van der Waals surface area contributed by atoms with E-state index in [1.807, 2.05) is 56.4 Å². The van der Waals surface area contributed by atoms with Gasteiger partial charge in [-0.05, 0) is 56.0 Å². The van der Waals surface area contributed by atoms with Crippen LogP contribution in [0.2, 0.25) is 0 Å². The number of hydrogen-bond donors (Lipinski definition) is 2. The Bertz CT molecular complexity index is 852. The number of nitrogens with one attached hydrogen (secondary N) is 2. The number of aromatic nitrogens is 1. The number of para-hydroxylation sites is 1. The lowest BCUT2D eigenvalue weighted by atomic mass is 10.1. The van der Waals surface area contributed by atoms with E-state index in [-0.39, 0.29) is 11.9 Å². The minimum atomic E-state index is -0.00809. The second-order valence-electron chi connectivity index (χ2n) is 6.50. The largest absolute Gasteiger partial charge is 0.494 e. The summed E-state index contributed by atoms with van der Waals surface area (Å²) in [6.07, 6.45) is 4.31. The van der Waals surface area contributed by atoms with Crippen molar-refractivity contribution in [2.24, 2.45) is 0 Å². The van der Waals surface area contributed by atoms with Gasteiger partial charge < -0.3 is 15.0 Å². The van der Waals surface area contributed by atoms with Gasteiger partial charge in [-0.3, -0.25) is 4.79 Å². The van der Waals surface area contributed by atoms with E-state index >= 15 is 0 Å². The normalized spacial score (nSPS) is 12.1. The maximum atomic E-state index is 12.2. The fraction of sp³-hybridized carbons (Fsp3) is 0.318. The third kappa shape index (κ3) is 4.45. The van der Waals surface area contributed by atoms with Gasteiger partial charge in [0.05, 0.1) is 12.6 Å². The number of carbonyl (C=O) groups excluding carboxylic acids is 1. The molecule has 3 aromatic rings. The number of H-pyrrole nitrogens is 1. The van der Waals surface area contributed by atoms with Crippen molar-refractivity contribution in [2.75, 3.05) is 6.61 Å². The predicted molar refractivity (Wildman–Crippen MR) is 105 cm³/mol. The highest BCUT2D eigenvalue weighted by molar-refractivity contribution is 5.83. The maximum Gasteiger partial charge on any atom is 0.220 e. The van der Waals surface area contributed by atoms with Gasteiger partial charge in [-0.1, -0.05) is 30.3 Å². The van der Waals surface area contributed by atoms with E-state index in [0.29, 0.717) is 13.0 Å². The first-order chi connectivity index (χ1) is 12.7. The standard InChI is InChI=1S/C22H26N2O2/c1-3-26-19-13-11-17(12-14-19)16(2)24-22(25)10-6-7-18-15-23-21-9-5-4-8-20(18)21/h4-5,8-9,11-16,23H,3,6-7,10H2,1-2H3,(H,24,25)/t16-/m0/s1. The van der Waals surface area contributed by atoms with Crippen molar-refractivity contribution in [3.8, 4) is 5.75 Å². The van der Waals surface area contributed by atoms with Crippen LogP contribution >= 0.6 is 0 Å². The summed E-state index contributed by atoms with van der Waals surface area (Å²) in [5.74, 6) is 0.944. The van der Waals surface area contributed by atoms with Crippen molar-refractivity contribution in [1.29, 1.82) is 0 Å². The molecule has 26 heavy (non-hydrogen) atoms. The molecule has 0 unspecified atom stereocenters. The third-order valence-corrected chi connectivity index (χ3v) is 4.59. The Morgan fingerprint density at radius 2 is 1.92 bits per heavy atom. The van der Waals surface area contributed by atoms with Gasteiger partial charge in [0.15, 0.2) is 0 Å². The van der Waals surface area contributed by atoms with Crippen LogP contribution in [0.3, 0.4) is 0 Å². The van der Waals surface area contributed by atoms with Gasteiger partial charge in [0.2, 0.25) is 5.91 Å². The van der Waals surface area contributed by atoms with E-state index in [2.05, 4.69) is 22.4 Å². The molecule has 1 amide bonds. The summed E-state index contributed by atoms with van der Waals surface area (Å²) in [5.41, 5.74) is 3.50. The summed E-state index contributed by atoms with van der Waals surface area (Å²) >= 11 is 0. The van der Waals surface area contributed by atoms with E-state index < -0.39 is 0 Å². The molecular formula is C22H26N2O2. The average Bonchev–Trinajstić information content (AvgIpc) is 3.06. The van der Waals surface area contributed by atoms with Crippen molar-refractivity contribution >= 4 is 16.8 Å². The number of aromatic amines is 1. The zero-order valence-corrected chi connectivity index (χ0v) is 15.4. The lowest BCUT2D eigenvalue weighted by molar-refractivity contribution is -0.121. The molecule has 0 aliphatic heterocycles. The number of rotatable bonds is 8. The van der Waals surface area contributed by atoms with Crippen LogP contribution in [0.4, 0.5) is 0 Å². The van der Waals surface area contributed by atoms with Gasteiger partial charge in [0.1, 0.15) is 5.75 Å². The fourth-order valence-corrected chi connectivity index (χ4v) is 3.19. The molecule has 0 saturated carbocycles. The molecule has 0 aliphatic rings. The van der Waals surface area contributed by atoms with E-state index in [9.17, 15) is 4.79 Å². The van der Waals surface area contributed by atoms with Crippen molar-refractivity contribution in [2.45, 2.75) is 39.2 Å². The number of amides is 1. The van der Waals surface area contributed by atoms with Crippen molar-refractivity contribution in [1.82, 2.24) is 10.3 Å². The average molecular weight is 350 g/mol. The monoisotopic (exact) mass is 350 g/mol. The van der Waals surface area contributed by atoms with Gasteiger partial charge in [-0.25, -0.2) is 0 Å². The second kappa shape index (κ2) is 8.56. The third-order valence-electron chi connectivity index (χ3n) is 4.59. The Kier molecular flexibility index (Phi) is 5.95. The van der Waals surface area contributed by atoms with Gasteiger partial charge in [0.25, 0.3) is 0 Å². The molecule has 2 N–H and O–H groups in total. The Balaban J connectivity index is 1.47. The topological polar surface area (TPSA) is 54.1 Å². The first kappa shape index (κ1) is 18.1. The van der Waals surface area contributed by atoms with Crippen LogP contribution in [-0.2, 0) is 11.2 Å². The van der Waals surface area contributed by atoms with Crippen LogP contribution < -0.4 is 10.1 Å². The molecule has 4 heteroatoms. The first-order valence-electron chi connectivity index (χ1n) is 9.24. The molecule has 4 nitrogen and oxygen atoms in total. The minimum Gasteiger partial charge on any atom is -0.494 e. The Labute approximate surface area is 154 Å². The summed E-state index contributed by atoms with van der Waals surface area (Å²) in [6.45, 7) is 4.63. The summed E-state index contributed by atoms with van der Waals surface area (Å²) in [4.78, 5) is 15.5. The highest BCUT2D eigenvalue weighted by Crippen LogP contribution is 2.20. The molecule has 3 rings (SSSR count). The molecule has 0 fully saturated rings. The molecule has 2 aromatic carbocycles.